The van der Waals surface area contributed by atoms with Gasteiger partial charge in [0.1, 0.15) is 22.5 Å². The smallest absolute Gasteiger partial charge is 0.269 e. The van der Waals surface area contributed by atoms with Gasteiger partial charge in [0.05, 0.1) is 5.25 Å². The van der Waals surface area contributed by atoms with Crippen molar-refractivity contribution in [3.05, 3.63) is 106 Å². The molecule has 8 heteroatoms. The molecular formula is C25H17ClFN3O2S. The van der Waals surface area contributed by atoms with E-state index in [-0.39, 0.29) is 22.3 Å². The molecule has 164 valence electrons. The van der Waals surface area contributed by atoms with Crippen LogP contribution in [0, 0.1) is 17.1 Å². The summed E-state index contributed by atoms with van der Waals surface area (Å²) < 4.78 is 13.3. The molecule has 2 amide bonds. The van der Waals surface area contributed by atoms with E-state index in [4.69, 9.17) is 11.6 Å². The minimum atomic E-state index is -0.611. The molecule has 1 atom stereocenters. The Morgan fingerprint density at radius 2 is 1.73 bits per heavy atom. The quantitative estimate of drug-likeness (QED) is 0.386. The number of nitrogens with one attached hydrogen (secondary N) is 1. The van der Waals surface area contributed by atoms with Crippen LogP contribution in [0.5, 0.6) is 0 Å². The number of carbonyl (C=O) groups excluding carboxylic acids is 2. The monoisotopic (exact) mass is 477 g/mol. The number of carbonyl (C=O) groups is 2. The van der Waals surface area contributed by atoms with Crippen molar-refractivity contribution >= 4 is 46.6 Å². The summed E-state index contributed by atoms with van der Waals surface area (Å²) in [5.41, 5.74) is 1.63. The van der Waals surface area contributed by atoms with E-state index in [0.717, 1.165) is 17.3 Å². The Bertz CT molecular complexity index is 1260. The molecular weight excluding hydrogens is 461 g/mol. The van der Waals surface area contributed by atoms with Crippen LogP contribution in [0.15, 0.2) is 89.5 Å². The number of amides is 2. The summed E-state index contributed by atoms with van der Waals surface area (Å²) in [4.78, 5) is 27.7. The van der Waals surface area contributed by atoms with Crippen LogP contribution in [0.2, 0.25) is 5.02 Å². The molecule has 0 aliphatic carbocycles. The first-order chi connectivity index (χ1) is 16.0. The number of anilines is 2. The molecule has 1 aliphatic rings. The molecule has 1 fully saturated rings. The average molecular weight is 478 g/mol. The molecule has 0 aromatic heterocycles. The van der Waals surface area contributed by atoms with Gasteiger partial charge in [-0.1, -0.05) is 53.7 Å². The number of hydrogen-bond donors (Lipinski definition) is 1. The molecule has 3 aromatic rings. The molecule has 0 saturated carbocycles. The lowest BCUT2D eigenvalue weighted by molar-refractivity contribution is -0.117. The average Bonchev–Trinajstić information content (AvgIpc) is 3.12. The second kappa shape index (κ2) is 9.90. The van der Waals surface area contributed by atoms with Gasteiger partial charge in [-0.3, -0.25) is 14.5 Å². The number of hydrogen-bond acceptors (Lipinski definition) is 4. The highest BCUT2D eigenvalue weighted by Crippen LogP contribution is 2.42. The maximum Gasteiger partial charge on any atom is 0.269 e. The van der Waals surface area contributed by atoms with E-state index < -0.39 is 11.2 Å². The maximum atomic E-state index is 13.4. The van der Waals surface area contributed by atoms with Crippen molar-refractivity contribution in [1.29, 1.82) is 5.26 Å². The van der Waals surface area contributed by atoms with Crippen molar-refractivity contribution in [1.82, 2.24) is 0 Å². The topological polar surface area (TPSA) is 73.2 Å². The van der Waals surface area contributed by atoms with Crippen LogP contribution in [0.1, 0.15) is 5.56 Å². The third kappa shape index (κ3) is 5.08. The van der Waals surface area contributed by atoms with Crippen LogP contribution < -0.4 is 10.2 Å². The van der Waals surface area contributed by atoms with Crippen LogP contribution in [-0.2, 0) is 16.0 Å². The lowest BCUT2D eigenvalue weighted by Gasteiger charge is -2.18. The molecule has 33 heavy (non-hydrogen) atoms. The van der Waals surface area contributed by atoms with E-state index in [1.807, 2.05) is 12.1 Å². The summed E-state index contributed by atoms with van der Waals surface area (Å²) in [6.07, 6.45) is 0.316. The fraction of sp³-hybridized carbons (Fsp3) is 0.0800. The number of benzene rings is 3. The fourth-order valence-electron chi connectivity index (χ4n) is 3.36. The van der Waals surface area contributed by atoms with Crippen LogP contribution in [0.4, 0.5) is 15.8 Å². The van der Waals surface area contributed by atoms with E-state index in [1.54, 1.807) is 60.7 Å². The van der Waals surface area contributed by atoms with Crippen LogP contribution in [0.25, 0.3) is 0 Å². The fourth-order valence-corrected chi connectivity index (χ4v) is 4.80. The molecule has 0 radical (unpaired) electrons. The number of thioether (sulfide) groups is 1. The normalized spacial score (nSPS) is 16.9. The van der Waals surface area contributed by atoms with Crippen molar-refractivity contribution in [2.75, 3.05) is 10.2 Å². The number of rotatable bonds is 5. The Hall–Kier alpha value is -3.60. The van der Waals surface area contributed by atoms with Gasteiger partial charge in [-0.2, -0.15) is 5.26 Å². The molecule has 1 heterocycles. The first-order valence-corrected chi connectivity index (χ1v) is 11.2. The highest BCUT2D eigenvalue weighted by molar-refractivity contribution is 8.05. The van der Waals surface area contributed by atoms with E-state index in [1.165, 1.54) is 17.0 Å². The Morgan fingerprint density at radius 3 is 2.36 bits per heavy atom. The van der Waals surface area contributed by atoms with Gasteiger partial charge in [0.15, 0.2) is 0 Å². The largest absolute Gasteiger partial charge is 0.321 e. The Morgan fingerprint density at radius 1 is 1.06 bits per heavy atom. The zero-order valence-corrected chi connectivity index (χ0v) is 18.7. The molecule has 4 rings (SSSR count). The van der Waals surface area contributed by atoms with Crippen LogP contribution in [-0.4, -0.2) is 17.1 Å². The number of nitrogens with zero attached hydrogens (tertiary/aromatic N) is 2. The summed E-state index contributed by atoms with van der Waals surface area (Å²) in [5, 5.41) is 12.7. The molecule has 0 bridgehead atoms. The number of halogens is 2. The third-order valence-electron chi connectivity index (χ3n) is 4.96. The summed E-state index contributed by atoms with van der Waals surface area (Å²) in [6, 6.07) is 23.2. The molecule has 0 spiro atoms. The summed E-state index contributed by atoms with van der Waals surface area (Å²) >= 11 is 7.15. The van der Waals surface area contributed by atoms with E-state index >= 15 is 0 Å². The highest BCUT2D eigenvalue weighted by Gasteiger charge is 2.40. The van der Waals surface area contributed by atoms with Crippen molar-refractivity contribution in [2.24, 2.45) is 0 Å². The maximum absolute atomic E-state index is 13.4. The molecule has 3 aromatic carbocycles. The van der Waals surface area contributed by atoms with Crippen LogP contribution >= 0.6 is 23.4 Å². The third-order valence-corrected chi connectivity index (χ3v) is 6.47. The molecule has 1 aliphatic heterocycles. The second-order valence-corrected chi connectivity index (χ2v) is 8.83. The van der Waals surface area contributed by atoms with Gasteiger partial charge >= 0.3 is 0 Å². The van der Waals surface area contributed by atoms with Crippen molar-refractivity contribution < 1.29 is 14.0 Å². The predicted molar refractivity (Wildman–Crippen MR) is 128 cm³/mol. The van der Waals surface area contributed by atoms with Crippen LogP contribution in [0.3, 0.4) is 0 Å². The van der Waals surface area contributed by atoms with Crippen molar-refractivity contribution in [2.45, 2.75) is 11.7 Å². The van der Waals surface area contributed by atoms with Gasteiger partial charge in [-0.05, 0) is 60.5 Å². The lowest BCUT2D eigenvalue weighted by atomic mass is 10.1. The Kier molecular flexibility index (Phi) is 6.78. The molecule has 1 unspecified atom stereocenters. The van der Waals surface area contributed by atoms with Gasteiger partial charge in [-0.25, -0.2) is 4.39 Å². The second-order valence-electron chi connectivity index (χ2n) is 7.20. The zero-order chi connectivity index (χ0) is 23.4. The standard InChI is InChI=1S/C25H17ClFN3O2S/c26-17-8-12-20(13-9-17)30-24(32)22(14-16-6-10-18(27)11-7-16)33-25(30)21(15-28)23(31)29-19-4-2-1-3-5-19/h1-13,22H,14H2,(H,29,31)/b25-21-. The van der Waals surface area contributed by atoms with Gasteiger partial charge in [0.25, 0.3) is 5.91 Å². The molecule has 5 nitrogen and oxygen atoms in total. The predicted octanol–water partition coefficient (Wildman–Crippen LogP) is 5.54. The van der Waals surface area contributed by atoms with Gasteiger partial charge < -0.3 is 5.32 Å². The van der Waals surface area contributed by atoms with Gasteiger partial charge in [-0.15, -0.1) is 0 Å². The summed E-state index contributed by atoms with van der Waals surface area (Å²) in [5.74, 6) is -1.25. The van der Waals surface area contributed by atoms with Gasteiger partial charge in [0.2, 0.25) is 5.91 Å². The lowest BCUT2D eigenvalue weighted by Crippen LogP contribution is -2.30. The summed E-state index contributed by atoms with van der Waals surface area (Å²) in [7, 11) is 0. The van der Waals surface area contributed by atoms with E-state index in [9.17, 15) is 19.2 Å². The van der Waals surface area contributed by atoms with E-state index in [2.05, 4.69) is 5.32 Å². The number of nitriles is 1. The highest BCUT2D eigenvalue weighted by atomic mass is 35.5. The zero-order valence-electron chi connectivity index (χ0n) is 17.2. The Labute approximate surface area is 199 Å². The Balaban J connectivity index is 1.72. The molecule has 1 saturated heterocycles. The molecule has 1 N–H and O–H groups in total. The van der Waals surface area contributed by atoms with Crippen molar-refractivity contribution in [3.63, 3.8) is 0 Å². The summed E-state index contributed by atoms with van der Waals surface area (Å²) in [6.45, 7) is 0. The SMILES string of the molecule is N#C/C(C(=O)Nc1ccccc1)=C1/SC(Cc2ccc(F)cc2)C(=O)N1c1ccc(Cl)cc1. The minimum Gasteiger partial charge on any atom is -0.321 e. The first kappa shape index (κ1) is 22.6. The van der Waals surface area contributed by atoms with Gasteiger partial charge in [0, 0.05) is 16.4 Å². The minimum absolute atomic E-state index is 0.172. The number of para-hydroxylation sites is 1. The first-order valence-electron chi connectivity index (χ1n) is 9.97. The van der Waals surface area contributed by atoms with E-state index in [0.29, 0.717) is 22.8 Å². The van der Waals surface area contributed by atoms with Crippen molar-refractivity contribution in [3.8, 4) is 6.07 Å².